The lowest BCUT2D eigenvalue weighted by molar-refractivity contribution is 0.364. The number of fused-ring (bicyclic) bond motifs is 9. The van der Waals surface area contributed by atoms with Crippen LogP contribution in [0.25, 0.3) is 0 Å². The Morgan fingerprint density at radius 3 is 2.00 bits per heavy atom. The van der Waals surface area contributed by atoms with Gasteiger partial charge in [0.2, 0.25) is 0 Å². The van der Waals surface area contributed by atoms with E-state index in [-0.39, 0.29) is 0 Å². The minimum atomic E-state index is 0.526. The van der Waals surface area contributed by atoms with Crippen LogP contribution in [0.5, 0.6) is 0 Å². The Hall–Kier alpha value is -0.430. The third kappa shape index (κ3) is 3.81. The zero-order chi connectivity index (χ0) is 13.6. The van der Waals surface area contributed by atoms with E-state index in [1.165, 1.54) is 70.0 Å². The molecular weight excluding hydrogens is 260 g/mol. The van der Waals surface area contributed by atoms with Gasteiger partial charge < -0.3 is 0 Å². The van der Waals surface area contributed by atoms with Gasteiger partial charge in [-0.05, 0) is 56.6 Å². The molecule has 1 saturated carbocycles. The molecule has 2 heterocycles. The summed E-state index contributed by atoms with van der Waals surface area (Å²) in [6.07, 6.45) is 14.9. The van der Waals surface area contributed by atoms with Crippen LogP contribution in [-0.2, 0) is 10.9 Å². The summed E-state index contributed by atoms with van der Waals surface area (Å²) >= 11 is 0. The predicted molar refractivity (Wildman–Crippen MR) is 90.4 cm³/mol. The van der Waals surface area contributed by atoms with Crippen molar-refractivity contribution in [3.05, 3.63) is 30.3 Å². The molecule has 0 amide bonds. The summed E-state index contributed by atoms with van der Waals surface area (Å²) in [5.74, 6) is 2.51. The minimum absolute atomic E-state index is 0.526. The summed E-state index contributed by atoms with van der Waals surface area (Å²) in [6.45, 7) is 0. The van der Waals surface area contributed by atoms with Crippen LogP contribution in [0.2, 0.25) is 0 Å². The molecule has 1 aromatic carbocycles. The number of rotatable bonds is 1. The maximum atomic E-state index is 2.39. The fraction of sp³-hybridized carbons (Fsp3) is 0.684. The van der Waals surface area contributed by atoms with E-state index in [9.17, 15) is 0 Å². The van der Waals surface area contributed by atoms with Crippen molar-refractivity contribution >= 4 is 10.9 Å². The van der Waals surface area contributed by atoms with Gasteiger partial charge in [-0.2, -0.15) is 0 Å². The second kappa shape index (κ2) is 7.54. The van der Waals surface area contributed by atoms with Crippen molar-refractivity contribution in [1.29, 1.82) is 0 Å². The van der Waals surface area contributed by atoms with Crippen molar-refractivity contribution in [3.8, 4) is 0 Å². The summed E-state index contributed by atoms with van der Waals surface area (Å²) in [5.41, 5.74) is 0. The highest BCUT2D eigenvalue weighted by Crippen LogP contribution is 2.33. The average Bonchev–Trinajstić information content (AvgIpc) is 2.52. The first-order chi connectivity index (χ1) is 9.93. The quantitative estimate of drug-likeness (QED) is 0.592. The van der Waals surface area contributed by atoms with E-state index in [1.807, 2.05) is 0 Å². The minimum Gasteiger partial charge on any atom is -0.0619 e. The molecule has 3 aliphatic rings. The summed E-state index contributed by atoms with van der Waals surface area (Å²) in [7, 11) is 0.526. The van der Waals surface area contributed by atoms with Crippen LogP contribution in [0.1, 0.15) is 64.2 Å². The van der Waals surface area contributed by atoms with Gasteiger partial charge in [0, 0.05) is 10.9 Å². The zero-order valence-electron chi connectivity index (χ0n) is 12.7. The molecule has 110 valence electrons. The van der Waals surface area contributed by atoms with Gasteiger partial charge in [-0.25, -0.2) is 0 Å². The Labute approximate surface area is 127 Å². The highest BCUT2D eigenvalue weighted by atomic mass is 32.2. The van der Waals surface area contributed by atoms with Gasteiger partial charge in [-0.3, -0.25) is 0 Å². The third-order valence-corrected chi connectivity index (χ3v) is 8.08. The fourth-order valence-electron chi connectivity index (χ4n) is 4.07. The molecule has 2 saturated heterocycles. The van der Waals surface area contributed by atoms with E-state index in [1.54, 1.807) is 4.90 Å². The number of hydrogen-bond donors (Lipinski definition) is 0. The molecule has 1 aliphatic carbocycles. The standard InChI is InChI=1S/C19H29S/c1-2-12-18(13-3-1)20-16-8-11-17-9-4-6-14-19(20)15-7-5-10-17/h1-3,12-13,17,19H,4-11,14-16H2/q+1. The van der Waals surface area contributed by atoms with Gasteiger partial charge in [0.1, 0.15) is 11.0 Å². The molecule has 4 rings (SSSR count). The molecule has 1 aromatic rings. The van der Waals surface area contributed by atoms with Crippen molar-refractivity contribution in [2.45, 2.75) is 74.4 Å². The zero-order valence-corrected chi connectivity index (χ0v) is 13.5. The van der Waals surface area contributed by atoms with E-state index >= 15 is 0 Å². The molecule has 1 heteroatoms. The molecule has 1 unspecified atom stereocenters. The normalized spacial score (nSPS) is 32.3. The Morgan fingerprint density at radius 2 is 1.30 bits per heavy atom. The van der Waals surface area contributed by atoms with Crippen LogP contribution < -0.4 is 0 Å². The van der Waals surface area contributed by atoms with E-state index in [2.05, 4.69) is 30.3 Å². The lowest BCUT2D eigenvalue weighted by Crippen LogP contribution is -2.27. The van der Waals surface area contributed by atoms with Crippen molar-refractivity contribution in [2.75, 3.05) is 5.75 Å². The lowest BCUT2D eigenvalue weighted by atomic mass is 9.89. The molecule has 0 aromatic heterocycles. The van der Waals surface area contributed by atoms with Crippen molar-refractivity contribution in [3.63, 3.8) is 0 Å². The second-order valence-electron chi connectivity index (χ2n) is 6.65. The number of benzene rings is 1. The molecule has 0 N–H and O–H groups in total. The van der Waals surface area contributed by atoms with Crippen molar-refractivity contribution in [2.24, 2.45) is 5.92 Å². The third-order valence-electron chi connectivity index (χ3n) is 5.20. The largest absolute Gasteiger partial charge is 0.155 e. The highest BCUT2D eigenvalue weighted by Gasteiger charge is 2.33. The molecule has 3 fully saturated rings. The van der Waals surface area contributed by atoms with Crippen LogP contribution in [0.15, 0.2) is 35.2 Å². The second-order valence-corrected chi connectivity index (χ2v) is 9.05. The predicted octanol–water partition coefficient (Wildman–Crippen LogP) is 5.58. The van der Waals surface area contributed by atoms with E-state index in [0.717, 1.165) is 11.2 Å². The van der Waals surface area contributed by atoms with Crippen LogP contribution in [0.3, 0.4) is 0 Å². The Morgan fingerprint density at radius 1 is 0.700 bits per heavy atom. The van der Waals surface area contributed by atoms with E-state index in [4.69, 9.17) is 0 Å². The van der Waals surface area contributed by atoms with Gasteiger partial charge >= 0.3 is 0 Å². The van der Waals surface area contributed by atoms with Crippen LogP contribution in [0, 0.1) is 5.92 Å². The molecular formula is C19H29S+. The summed E-state index contributed by atoms with van der Waals surface area (Å²) in [5, 5.41) is 0.979. The van der Waals surface area contributed by atoms with Gasteiger partial charge in [-0.1, -0.05) is 43.9 Å². The van der Waals surface area contributed by atoms with Crippen LogP contribution in [-0.4, -0.2) is 11.0 Å². The fourth-order valence-corrected chi connectivity index (χ4v) is 6.91. The topological polar surface area (TPSA) is 0 Å². The first-order valence-electron chi connectivity index (χ1n) is 8.68. The molecule has 0 spiro atoms. The summed E-state index contributed by atoms with van der Waals surface area (Å²) in [4.78, 5) is 1.65. The van der Waals surface area contributed by atoms with E-state index in [0.29, 0.717) is 10.9 Å². The molecule has 2 aliphatic heterocycles. The van der Waals surface area contributed by atoms with Gasteiger partial charge in [0.05, 0.1) is 0 Å². The average molecular weight is 290 g/mol. The van der Waals surface area contributed by atoms with Crippen molar-refractivity contribution in [1.82, 2.24) is 0 Å². The van der Waals surface area contributed by atoms with Gasteiger partial charge in [0.15, 0.2) is 4.90 Å². The first-order valence-corrected chi connectivity index (χ1v) is 10.1. The lowest BCUT2D eigenvalue weighted by Gasteiger charge is -2.26. The molecule has 0 nitrogen and oxygen atoms in total. The number of hydrogen-bond acceptors (Lipinski definition) is 0. The van der Waals surface area contributed by atoms with Crippen LogP contribution in [0.4, 0.5) is 0 Å². The molecule has 2 bridgehead atoms. The SMILES string of the molecule is c1ccc([S+]2CCCC3CCCCC2CCCC3)cc1. The monoisotopic (exact) mass is 289 g/mol. The Kier molecular flexibility index (Phi) is 5.47. The maximum Gasteiger partial charge on any atom is 0.155 e. The Balaban J connectivity index is 1.80. The van der Waals surface area contributed by atoms with E-state index < -0.39 is 0 Å². The molecule has 1 atom stereocenters. The smallest absolute Gasteiger partial charge is 0.0619 e. The Bertz CT molecular complexity index is 374. The van der Waals surface area contributed by atoms with Crippen molar-refractivity contribution < 1.29 is 0 Å². The summed E-state index contributed by atoms with van der Waals surface area (Å²) < 4.78 is 0. The van der Waals surface area contributed by atoms with Crippen LogP contribution >= 0.6 is 0 Å². The molecule has 20 heavy (non-hydrogen) atoms. The van der Waals surface area contributed by atoms with Gasteiger partial charge in [-0.15, -0.1) is 0 Å². The highest BCUT2D eigenvalue weighted by molar-refractivity contribution is 7.97. The first kappa shape index (κ1) is 14.5. The maximum absolute atomic E-state index is 2.39. The summed E-state index contributed by atoms with van der Waals surface area (Å²) in [6, 6.07) is 11.4. The molecule has 0 radical (unpaired) electrons. The van der Waals surface area contributed by atoms with Gasteiger partial charge in [0.25, 0.3) is 0 Å².